The van der Waals surface area contributed by atoms with E-state index in [-0.39, 0.29) is 12.0 Å². The fourth-order valence-corrected chi connectivity index (χ4v) is 1.91. The Morgan fingerprint density at radius 3 is 2.81 bits per heavy atom. The third-order valence-corrected chi connectivity index (χ3v) is 3.25. The Morgan fingerprint density at radius 1 is 1.38 bits per heavy atom. The van der Waals surface area contributed by atoms with Gasteiger partial charge in [-0.3, -0.25) is 0 Å². The van der Waals surface area contributed by atoms with Crippen LogP contribution in [0, 0.1) is 0 Å². The van der Waals surface area contributed by atoms with Gasteiger partial charge in [0.2, 0.25) is 11.9 Å². The second-order valence-electron chi connectivity index (χ2n) is 4.69. The highest BCUT2D eigenvalue weighted by atomic mass is 16.5. The molecule has 0 aliphatic rings. The summed E-state index contributed by atoms with van der Waals surface area (Å²) in [6.07, 6.45) is 4.39. The summed E-state index contributed by atoms with van der Waals surface area (Å²) in [5.74, 6) is 1.13. The zero-order valence-electron chi connectivity index (χ0n) is 12.6. The molecule has 2 N–H and O–H groups in total. The predicted octanol–water partition coefficient (Wildman–Crippen LogP) is 0.891. The van der Waals surface area contributed by atoms with E-state index in [2.05, 4.69) is 38.8 Å². The van der Waals surface area contributed by atoms with Crippen molar-refractivity contribution in [3.8, 4) is 5.95 Å². The number of nitrogens with zero attached hydrogens (tertiary/aromatic N) is 6. The van der Waals surface area contributed by atoms with Crippen LogP contribution in [0.1, 0.15) is 20.3 Å². The second-order valence-corrected chi connectivity index (χ2v) is 4.69. The van der Waals surface area contributed by atoms with Crippen LogP contribution in [-0.2, 0) is 4.74 Å². The lowest BCUT2D eigenvalue weighted by atomic mass is 10.2. The first-order valence-electron chi connectivity index (χ1n) is 6.92. The molecule has 0 aliphatic carbocycles. The summed E-state index contributed by atoms with van der Waals surface area (Å²) in [5.41, 5.74) is 5.81. The molecule has 0 amide bonds. The van der Waals surface area contributed by atoms with Crippen molar-refractivity contribution in [1.82, 2.24) is 24.7 Å². The average Bonchev–Trinajstić information content (AvgIpc) is 3.01. The number of methoxy groups -OCH3 is 1. The minimum Gasteiger partial charge on any atom is -0.383 e. The van der Waals surface area contributed by atoms with Gasteiger partial charge in [-0.1, -0.05) is 6.92 Å². The molecule has 1 atom stereocenters. The summed E-state index contributed by atoms with van der Waals surface area (Å²) in [5, 5.41) is 4.12. The number of ether oxygens (including phenoxy) is 1. The highest BCUT2D eigenvalue weighted by Gasteiger charge is 2.18. The van der Waals surface area contributed by atoms with Crippen molar-refractivity contribution in [2.24, 2.45) is 0 Å². The lowest BCUT2D eigenvalue weighted by Gasteiger charge is -2.28. The van der Waals surface area contributed by atoms with Gasteiger partial charge in [0.1, 0.15) is 0 Å². The fourth-order valence-electron chi connectivity index (χ4n) is 1.91. The Balaban J connectivity index is 2.35. The third-order valence-electron chi connectivity index (χ3n) is 3.25. The number of nitrogens with two attached hydrogens (primary N) is 1. The fraction of sp³-hybridized carbons (Fsp3) is 0.538. The topological polar surface area (TPSA) is 95.0 Å². The minimum absolute atomic E-state index is 0.177. The van der Waals surface area contributed by atoms with Gasteiger partial charge in [-0.25, -0.2) is 4.68 Å². The first kappa shape index (κ1) is 15.2. The molecule has 0 fully saturated rings. The Bertz CT molecular complexity index is 558. The number of rotatable bonds is 7. The Morgan fingerprint density at radius 2 is 2.19 bits per heavy atom. The molecule has 0 saturated carbocycles. The minimum atomic E-state index is 0.177. The van der Waals surface area contributed by atoms with Crippen LogP contribution in [0.25, 0.3) is 5.95 Å². The van der Waals surface area contributed by atoms with Gasteiger partial charge < -0.3 is 15.4 Å². The SMILES string of the molecule is CCC(C)N(CCOC)c1nc(N)nc(-n2cccn2)n1. The maximum absolute atomic E-state index is 5.81. The van der Waals surface area contributed by atoms with E-state index < -0.39 is 0 Å². The molecule has 0 saturated heterocycles. The molecular weight excluding hydrogens is 270 g/mol. The summed E-state index contributed by atoms with van der Waals surface area (Å²) in [7, 11) is 1.67. The van der Waals surface area contributed by atoms with Gasteiger partial charge in [0.25, 0.3) is 5.95 Å². The third kappa shape index (κ3) is 3.66. The van der Waals surface area contributed by atoms with Gasteiger partial charge in [0, 0.05) is 32.1 Å². The molecule has 1 unspecified atom stereocenters. The van der Waals surface area contributed by atoms with Crippen molar-refractivity contribution in [2.45, 2.75) is 26.3 Å². The van der Waals surface area contributed by atoms with E-state index in [0.717, 1.165) is 6.42 Å². The molecule has 0 aliphatic heterocycles. The molecule has 8 heteroatoms. The van der Waals surface area contributed by atoms with Crippen LogP contribution in [-0.4, -0.2) is 51.0 Å². The first-order chi connectivity index (χ1) is 10.2. The molecule has 0 aromatic carbocycles. The molecule has 2 aromatic rings. The lowest BCUT2D eigenvalue weighted by Crippen LogP contribution is -2.37. The van der Waals surface area contributed by atoms with Crippen LogP contribution in [0.4, 0.5) is 11.9 Å². The van der Waals surface area contributed by atoms with Crippen LogP contribution in [0.3, 0.4) is 0 Å². The van der Waals surface area contributed by atoms with E-state index in [1.54, 1.807) is 30.3 Å². The molecule has 114 valence electrons. The van der Waals surface area contributed by atoms with Crippen LogP contribution in [0.5, 0.6) is 0 Å². The van der Waals surface area contributed by atoms with Gasteiger partial charge in [0.05, 0.1) is 6.61 Å². The van der Waals surface area contributed by atoms with E-state index >= 15 is 0 Å². The maximum Gasteiger partial charge on any atom is 0.257 e. The number of hydrogen-bond acceptors (Lipinski definition) is 7. The van der Waals surface area contributed by atoms with Gasteiger partial charge in [-0.15, -0.1) is 0 Å². The van der Waals surface area contributed by atoms with Crippen molar-refractivity contribution < 1.29 is 4.74 Å². The van der Waals surface area contributed by atoms with Gasteiger partial charge in [-0.2, -0.15) is 20.1 Å². The molecule has 2 heterocycles. The largest absolute Gasteiger partial charge is 0.383 e. The highest BCUT2D eigenvalue weighted by molar-refractivity contribution is 5.38. The van der Waals surface area contributed by atoms with Crippen molar-refractivity contribution >= 4 is 11.9 Å². The summed E-state index contributed by atoms with van der Waals surface area (Å²) in [6.45, 7) is 5.51. The predicted molar refractivity (Wildman–Crippen MR) is 80.3 cm³/mol. The molecule has 21 heavy (non-hydrogen) atoms. The standard InChI is InChI=1S/C13H21N7O/c1-4-10(2)19(8-9-21-3)12-16-11(14)17-13(18-12)20-7-5-6-15-20/h5-7,10H,4,8-9H2,1-3H3,(H2,14,16,17,18). The summed E-state index contributed by atoms with van der Waals surface area (Å²) < 4.78 is 6.72. The van der Waals surface area contributed by atoms with Crippen LogP contribution in [0.2, 0.25) is 0 Å². The number of nitrogen functional groups attached to an aromatic ring is 1. The highest BCUT2D eigenvalue weighted by Crippen LogP contribution is 2.15. The number of hydrogen-bond donors (Lipinski definition) is 1. The maximum atomic E-state index is 5.81. The van der Waals surface area contributed by atoms with Crippen LogP contribution >= 0.6 is 0 Å². The van der Waals surface area contributed by atoms with E-state index in [1.807, 2.05) is 0 Å². The van der Waals surface area contributed by atoms with E-state index in [0.29, 0.717) is 25.0 Å². The lowest BCUT2D eigenvalue weighted by molar-refractivity contribution is 0.203. The second kappa shape index (κ2) is 6.98. The van der Waals surface area contributed by atoms with E-state index in [4.69, 9.17) is 10.5 Å². The van der Waals surface area contributed by atoms with Gasteiger partial charge in [0.15, 0.2) is 0 Å². The zero-order valence-corrected chi connectivity index (χ0v) is 12.6. The molecule has 0 spiro atoms. The first-order valence-corrected chi connectivity index (χ1v) is 6.92. The molecule has 0 bridgehead atoms. The Kier molecular flexibility index (Phi) is 5.04. The van der Waals surface area contributed by atoms with Crippen molar-refractivity contribution in [2.75, 3.05) is 30.9 Å². The Labute approximate surface area is 124 Å². The van der Waals surface area contributed by atoms with Crippen molar-refractivity contribution in [3.05, 3.63) is 18.5 Å². The van der Waals surface area contributed by atoms with E-state index in [9.17, 15) is 0 Å². The molecule has 0 radical (unpaired) electrons. The van der Waals surface area contributed by atoms with E-state index in [1.165, 1.54) is 0 Å². The molecular formula is C13H21N7O. The summed E-state index contributed by atoms with van der Waals surface area (Å²) in [6, 6.07) is 2.07. The summed E-state index contributed by atoms with van der Waals surface area (Å²) >= 11 is 0. The number of anilines is 2. The van der Waals surface area contributed by atoms with Gasteiger partial charge >= 0.3 is 0 Å². The van der Waals surface area contributed by atoms with Crippen LogP contribution in [0.15, 0.2) is 18.5 Å². The normalized spacial score (nSPS) is 12.3. The van der Waals surface area contributed by atoms with Crippen LogP contribution < -0.4 is 10.6 Å². The average molecular weight is 291 g/mol. The monoisotopic (exact) mass is 291 g/mol. The molecule has 2 aromatic heterocycles. The van der Waals surface area contributed by atoms with Gasteiger partial charge in [-0.05, 0) is 19.4 Å². The van der Waals surface area contributed by atoms with Crippen molar-refractivity contribution in [1.29, 1.82) is 0 Å². The van der Waals surface area contributed by atoms with Crippen molar-refractivity contribution in [3.63, 3.8) is 0 Å². The molecule has 8 nitrogen and oxygen atoms in total. The molecule has 2 rings (SSSR count). The Hall–Kier alpha value is -2.22. The quantitative estimate of drug-likeness (QED) is 0.809. The smallest absolute Gasteiger partial charge is 0.257 e. The number of aromatic nitrogens is 5. The summed E-state index contributed by atoms with van der Waals surface area (Å²) in [4.78, 5) is 14.9. The zero-order chi connectivity index (χ0) is 15.2.